The second-order valence-corrected chi connectivity index (χ2v) is 6.16. The number of hydrogen-bond acceptors (Lipinski definition) is 7. The van der Waals surface area contributed by atoms with Gasteiger partial charge in [0.1, 0.15) is 11.5 Å². The van der Waals surface area contributed by atoms with Gasteiger partial charge in [-0.05, 0) is 40.6 Å². The third kappa shape index (κ3) is 5.36. The Hall–Kier alpha value is -2.26. The molecule has 8 nitrogen and oxygen atoms in total. The van der Waals surface area contributed by atoms with E-state index in [4.69, 9.17) is 33.4 Å². The summed E-state index contributed by atoms with van der Waals surface area (Å²) in [5.74, 6) is 0.913. The molecule has 144 valence electrons. The van der Waals surface area contributed by atoms with Crippen molar-refractivity contribution in [2.75, 3.05) is 18.8 Å². The number of rotatable bonds is 7. The summed E-state index contributed by atoms with van der Waals surface area (Å²) in [6, 6.07) is 8.92. The Bertz CT molecular complexity index is 912. The average Bonchev–Trinajstić information content (AvgIpc) is 3.23. The van der Waals surface area contributed by atoms with E-state index in [9.17, 15) is 4.79 Å². The number of nitrogens with one attached hydrogen (secondary N) is 2. The Kier molecular flexibility index (Phi) is 7.49. The highest BCUT2D eigenvalue weighted by molar-refractivity contribution is 6.36. The summed E-state index contributed by atoms with van der Waals surface area (Å²) in [5.41, 5.74) is 6.19. The molecule has 0 aliphatic carbocycles. The molecule has 0 atom stereocenters. The Morgan fingerprint density at radius 2 is 1.96 bits per heavy atom. The quantitative estimate of drug-likeness (QED) is 0.491. The number of anilines is 1. The smallest absolute Gasteiger partial charge is 0.277 e. The Morgan fingerprint density at radius 1 is 1.15 bits per heavy atom. The third-order valence-electron chi connectivity index (χ3n) is 3.47. The lowest BCUT2D eigenvalue weighted by Crippen LogP contribution is -2.32. The molecule has 3 rings (SSSR count). The molecule has 4 N–H and O–H groups in total. The van der Waals surface area contributed by atoms with Gasteiger partial charge >= 0.3 is 0 Å². The van der Waals surface area contributed by atoms with Crippen LogP contribution in [0.15, 0.2) is 39.4 Å². The summed E-state index contributed by atoms with van der Waals surface area (Å²) < 4.78 is 10.1. The molecule has 1 amide bonds. The predicted molar refractivity (Wildman–Crippen MR) is 104 cm³/mol. The summed E-state index contributed by atoms with van der Waals surface area (Å²) in [5, 5.41) is 13.7. The van der Waals surface area contributed by atoms with E-state index in [0.29, 0.717) is 35.4 Å². The van der Waals surface area contributed by atoms with Gasteiger partial charge in [-0.1, -0.05) is 23.2 Å². The Balaban J connectivity index is 0.00000261. The standard InChI is InChI=1S/C16H15Cl2N5O3.ClH/c17-9-1-3-11(12(18)7-9)13-4-2-10(25-13)8-20-5-6-21-16(24)14-15(19)23-26-22-14;/h1-4,7,20H,5-6,8H2,(H2,19,23)(H,21,24);1H. The van der Waals surface area contributed by atoms with E-state index in [1.807, 2.05) is 12.1 Å². The first-order chi connectivity index (χ1) is 12.5. The van der Waals surface area contributed by atoms with Gasteiger partial charge < -0.3 is 20.8 Å². The Labute approximate surface area is 170 Å². The van der Waals surface area contributed by atoms with Gasteiger partial charge in [-0.2, -0.15) is 0 Å². The molecule has 0 bridgehead atoms. The minimum Gasteiger partial charge on any atom is -0.460 e. The van der Waals surface area contributed by atoms with Crippen molar-refractivity contribution < 1.29 is 13.8 Å². The number of amides is 1. The minimum absolute atomic E-state index is 0. The molecule has 0 saturated heterocycles. The van der Waals surface area contributed by atoms with Gasteiger partial charge in [-0.3, -0.25) is 4.79 Å². The normalized spacial score (nSPS) is 10.4. The van der Waals surface area contributed by atoms with Gasteiger partial charge in [0.25, 0.3) is 5.91 Å². The molecule has 1 aromatic carbocycles. The monoisotopic (exact) mass is 431 g/mol. The van der Waals surface area contributed by atoms with Crippen LogP contribution in [-0.2, 0) is 6.54 Å². The number of aromatic nitrogens is 2. The number of benzene rings is 1. The number of nitrogens with two attached hydrogens (primary N) is 1. The van der Waals surface area contributed by atoms with Crippen LogP contribution >= 0.6 is 35.6 Å². The molecule has 0 fully saturated rings. The molecular weight excluding hydrogens is 417 g/mol. The van der Waals surface area contributed by atoms with Crippen LogP contribution in [-0.4, -0.2) is 29.3 Å². The van der Waals surface area contributed by atoms with Crippen molar-refractivity contribution in [1.82, 2.24) is 20.9 Å². The Morgan fingerprint density at radius 3 is 2.67 bits per heavy atom. The predicted octanol–water partition coefficient (Wildman–Crippen LogP) is 3.16. The van der Waals surface area contributed by atoms with E-state index >= 15 is 0 Å². The summed E-state index contributed by atoms with van der Waals surface area (Å²) in [4.78, 5) is 11.8. The van der Waals surface area contributed by atoms with E-state index in [0.717, 1.165) is 11.3 Å². The lowest BCUT2D eigenvalue weighted by Gasteiger charge is -2.05. The number of carbonyl (C=O) groups is 1. The maximum Gasteiger partial charge on any atom is 0.277 e. The van der Waals surface area contributed by atoms with Crippen LogP contribution < -0.4 is 16.4 Å². The van der Waals surface area contributed by atoms with Crippen LogP contribution in [0.5, 0.6) is 0 Å². The number of hydrogen-bond donors (Lipinski definition) is 3. The highest BCUT2D eigenvalue weighted by Crippen LogP contribution is 2.31. The highest BCUT2D eigenvalue weighted by atomic mass is 35.5. The molecule has 0 aliphatic heterocycles. The van der Waals surface area contributed by atoms with E-state index in [1.165, 1.54) is 0 Å². The fourth-order valence-electron chi connectivity index (χ4n) is 2.22. The molecule has 0 aliphatic rings. The van der Waals surface area contributed by atoms with Crippen molar-refractivity contribution in [3.63, 3.8) is 0 Å². The zero-order valence-electron chi connectivity index (χ0n) is 13.9. The molecule has 27 heavy (non-hydrogen) atoms. The largest absolute Gasteiger partial charge is 0.460 e. The van der Waals surface area contributed by atoms with Crippen molar-refractivity contribution in [3.8, 4) is 11.3 Å². The van der Waals surface area contributed by atoms with E-state index in [2.05, 4.69) is 25.6 Å². The van der Waals surface area contributed by atoms with Crippen molar-refractivity contribution in [2.24, 2.45) is 0 Å². The second kappa shape index (κ2) is 9.61. The number of halogens is 3. The SMILES string of the molecule is Cl.Nc1nonc1C(=O)NCCNCc1ccc(-c2ccc(Cl)cc2Cl)o1. The molecule has 0 unspecified atom stereocenters. The minimum atomic E-state index is -0.441. The first kappa shape index (κ1) is 21.0. The number of nitrogens with zero attached hydrogens (tertiary/aromatic N) is 2. The lowest BCUT2D eigenvalue weighted by atomic mass is 10.2. The summed E-state index contributed by atoms with van der Waals surface area (Å²) >= 11 is 12.1. The number of nitrogen functional groups attached to an aromatic ring is 1. The van der Waals surface area contributed by atoms with Crippen LogP contribution in [0, 0.1) is 0 Å². The van der Waals surface area contributed by atoms with Crippen LogP contribution in [0.2, 0.25) is 10.0 Å². The maximum absolute atomic E-state index is 11.8. The topological polar surface area (TPSA) is 119 Å². The van der Waals surface area contributed by atoms with Crippen LogP contribution in [0.1, 0.15) is 16.2 Å². The van der Waals surface area contributed by atoms with Crippen LogP contribution in [0.4, 0.5) is 5.82 Å². The molecule has 2 aromatic heterocycles. The van der Waals surface area contributed by atoms with Crippen molar-refractivity contribution in [1.29, 1.82) is 0 Å². The molecule has 11 heteroatoms. The van der Waals surface area contributed by atoms with Gasteiger partial charge in [0.2, 0.25) is 11.5 Å². The fourth-order valence-corrected chi connectivity index (χ4v) is 2.72. The number of carbonyl (C=O) groups excluding carboxylic acids is 1. The maximum atomic E-state index is 11.8. The molecule has 0 saturated carbocycles. The molecule has 0 spiro atoms. The van der Waals surface area contributed by atoms with Crippen molar-refractivity contribution >= 4 is 47.3 Å². The average molecular weight is 433 g/mol. The molecule has 3 aromatic rings. The van der Waals surface area contributed by atoms with Gasteiger partial charge in [0.05, 0.1) is 11.6 Å². The highest BCUT2D eigenvalue weighted by Gasteiger charge is 2.15. The summed E-state index contributed by atoms with van der Waals surface area (Å²) in [6.45, 7) is 1.39. The van der Waals surface area contributed by atoms with Crippen LogP contribution in [0.3, 0.4) is 0 Å². The van der Waals surface area contributed by atoms with E-state index in [1.54, 1.807) is 18.2 Å². The summed E-state index contributed by atoms with van der Waals surface area (Å²) in [7, 11) is 0. The van der Waals surface area contributed by atoms with Crippen molar-refractivity contribution in [2.45, 2.75) is 6.54 Å². The van der Waals surface area contributed by atoms with Gasteiger partial charge in [0, 0.05) is 23.7 Å². The fraction of sp³-hybridized carbons (Fsp3) is 0.188. The van der Waals surface area contributed by atoms with Gasteiger partial charge in [0.15, 0.2) is 0 Å². The van der Waals surface area contributed by atoms with E-state index in [-0.39, 0.29) is 23.9 Å². The first-order valence-corrected chi connectivity index (χ1v) is 8.41. The zero-order valence-corrected chi connectivity index (χ0v) is 16.2. The van der Waals surface area contributed by atoms with Crippen molar-refractivity contribution in [3.05, 3.63) is 51.8 Å². The third-order valence-corrected chi connectivity index (χ3v) is 4.02. The summed E-state index contributed by atoms with van der Waals surface area (Å²) in [6.07, 6.45) is 0. The van der Waals surface area contributed by atoms with E-state index < -0.39 is 5.91 Å². The zero-order chi connectivity index (χ0) is 18.5. The molecule has 0 radical (unpaired) electrons. The van der Waals surface area contributed by atoms with Gasteiger partial charge in [-0.25, -0.2) is 4.63 Å². The molecular formula is C16H16Cl3N5O3. The number of furan rings is 1. The first-order valence-electron chi connectivity index (χ1n) is 7.65. The molecule has 2 heterocycles. The van der Waals surface area contributed by atoms with Gasteiger partial charge in [-0.15, -0.1) is 12.4 Å². The lowest BCUT2D eigenvalue weighted by molar-refractivity contribution is 0.0944. The second-order valence-electron chi connectivity index (χ2n) is 5.32. The van der Waals surface area contributed by atoms with Crippen LogP contribution in [0.25, 0.3) is 11.3 Å².